The van der Waals surface area contributed by atoms with Crippen LogP contribution in [0.4, 0.5) is 0 Å². The second-order valence-corrected chi connectivity index (χ2v) is 6.01. The molecule has 0 aromatic rings. The Morgan fingerprint density at radius 2 is 1.95 bits per heavy atom. The molecule has 122 valence electrons. The van der Waals surface area contributed by atoms with Crippen molar-refractivity contribution in [1.29, 1.82) is 0 Å². The SMILES string of the molecule is CC(=O)[C@@H](NNCC(=O)C(=O)[C@H](CS)NCSS)[C@@H](C)O. The summed E-state index contributed by atoms with van der Waals surface area (Å²) < 4.78 is 0. The number of Topliss-reactive ketones (excluding diaryl/α,β-unsaturated/α-hetero) is 3. The smallest absolute Gasteiger partial charge is 0.217 e. The van der Waals surface area contributed by atoms with E-state index < -0.39 is 29.8 Å². The molecule has 0 rings (SSSR count). The molecule has 0 fully saturated rings. The Kier molecular flexibility index (Phi) is 11.4. The van der Waals surface area contributed by atoms with Crippen molar-refractivity contribution >= 4 is 52.4 Å². The number of hydrazine groups is 1. The van der Waals surface area contributed by atoms with Crippen molar-refractivity contribution in [1.82, 2.24) is 16.2 Å². The fraction of sp³-hybridized carbons (Fsp3) is 0.727. The maximum atomic E-state index is 11.8. The average Bonchev–Trinajstić information content (AvgIpc) is 2.42. The van der Waals surface area contributed by atoms with Crippen molar-refractivity contribution in [2.24, 2.45) is 0 Å². The van der Waals surface area contributed by atoms with Crippen LogP contribution in [-0.2, 0) is 14.4 Å². The predicted octanol–water partition coefficient (Wildman–Crippen LogP) is -1.02. The molecule has 0 spiro atoms. The van der Waals surface area contributed by atoms with Gasteiger partial charge in [0.05, 0.1) is 24.6 Å². The van der Waals surface area contributed by atoms with E-state index in [4.69, 9.17) is 0 Å². The van der Waals surface area contributed by atoms with Gasteiger partial charge in [-0.25, -0.2) is 10.9 Å². The molecular weight excluding hydrogens is 334 g/mol. The number of carbonyl (C=O) groups excluding carboxylic acids is 3. The number of aliphatic hydroxyl groups excluding tert-OH is 1. The third-order valence-corrected chi connectivity index (χ3v) is 3.64. The summed E-state index contributed by atoms with van der Waals surface area (Å²) in [4.78, 5) is 34.8. The molecule has 7 nitrogen and oxygen atoms in total. The second kappa shape index (κ2) is 11.5. The lowest BCUT2D eigenvalue weighted by atomic mass is 10.1. The van der Waals surface area contributed by atoms with Crippen LogP contribution in [0.2, 0.25) is 0 Å². The van der Waals surface area contributed by atoms with E-state index in [1.54, 1.807) is 0 Å². The van der Waals surface area contributed by atoms with Gasteiger partial charge >= 0.3 is 0 Å². The number of rotatable bonds is 12. The van der Waals surface area contributed by atoms with Crippen LogP contribution >= 0.6 is 35.1 Å². The fourth-order valence-electron chi connectivity index (χ4n) is 1.46. The number of hydrogen-bond acceptors (Lipinski definition) is 10. The molecule has 0 radical (unpaired) electrons. The molecule has 0 aliphatic carbocycles. The molecule has 0 saturated heterocycles. The number of thiol groups is 2. The molecule has 3 atom stereocenters. The molecule has 0 aliphatic heterocycles. The molecule has 0 bridgehead atoms. The van der Waals surface area contributed by atoms with Crippen molar-refractivity contribution < 1.29 is 19.5 Å². The summed E-state index contributed by atoms with van der Waals surface area (Å²) in [5.74, 6) is -0.926. The first-order valence-corrected chi connectivity index (χ1v) is 8.86. The number of nitrogens with one attached hydrogen (secondary N) is 3. The minimum absolute atomic E-state index is 0.191. The van der Waals surface area contributed by atoms with Gasteiger partial charge in [-0.1, -0.05) is 10.8 Å². The van der Waals surface area contributed by atoms with E-state index in [1.807, 2.05) is 0 Å². The summed E-state index contributed by atoms with van der Waals surface area (Å²) in [6.45, 7) is 2.48. The van der Waals surface area contributed by atoms with E-state index in [2.05, 4.69) is 40.5 Å². The molecule has 0 aliphatic rings. The van der Waals surface area contributed by atoms with Gasteiger partial charge in [0.15, 0.2) is 5.78 Å². The molecule has 0 aromatic carbocycles. The molecule has 0 amide bonds. The quantitative estimate of drug-likeness (QED) is 0.0869. The van der Waals surface area contributed by atoms with E-state index in [1.165, 1.54) is 24.6 Å². The lowest BCUT2D eigenvalue weighted by molar-refractivity contribution is -0.137. The summed E-state index contributed by atoms with van der Waals surface area (Å²) in [6, 6.07) is -1.52. The molecule has 0 unspecified atom stereocenters. The molecule has 0 saturated carbocycles. The van der Waals surface area contributed by atoms with Crippen LogP contribution in [0.15, 0.2) is 0 Å². The van der Waals surface area contributed by atoms with Crippen LogP contribution in [0.3, 0.4) is 0 Å². The Bertz CT molecular complexity index is 369. The highest BCUT2D eigenvalue weighted by Crippen LogP contribution is 2.02. The van der Waals surface area contributed by atoms with Crippen molar-refractivity contribution in [2.75, 3.05) is 18.2 Å². The first kappa shape index (κ1) is 20.9. The van der Waals surface area contributed by atoms with E-state index >= 15 is 0 Å². The van der Waals surface area contributed by atoms with Gasteiger partial charge in [0.25, 0.3) is 0 Å². The van der Waals surface area contributed by atoms with Gasteiger partial charge in [0, 0.05) is 5.75 Å². The Morgan fingerprint density at radius 1 is 1.33 bits per heavy atom. The highest BCUT2D eigenvalue weighted by Gasteiger charge is 2.24. The van der Waals surface area contributed by atoms with E-state index in [9.17, 15) is 19.5 Å². The fourth-order valence-corrected chi connectivity index (χ4v) is 2.26. The van der Waals surface area contributed by atoms with Gasteiger partial charge < -0.3 is 5.11 Å². The van der Waals surface area contributed by atoms with Crippen LogP contribution in [-0.4, -0.2) is 58.8 Å². The van der Waals surface area contributed by atoms with Gasteiger partial charge in [-0.05, 0) is 13.8 Å². The van der Waals surface area contributed by atoms with Gasteiger partial charge in [-0.15, -0.1) is 11.7 Å². The summed E-state index contributed by atoms with van der Waals surface area (Å²) in [7, 11) is 1.20. The zero-order chi connectivity index (χ0) is 16.4. The average molecular weight is 356 g/mol. The molecular formula is C11H21N3O4S3. The monoisotopic (exact) mass is 355 g/mol. The molecule has 21 heavy (non-hydrogen) atoms. The normalized spacial score (nSPS) is 15.3. The summed E-state index contributed by atoms with van der Waals surface area (Å²) in [5, 5.41) is 12.2. The first-order chi connectivity index (χ1) is 9.84. The van der Waals surface area contributed by atoms with E-state index in [0.717, 1.165) is 0 Å². The minimum Gasteiger partial charge on any atom is -0.391 e. The topological polar surface area (TPSA) is 108 Å². The third kappa shape index (κ3) is 8.19. The van der Waals surface area contributed by atoms with Crippen LogP contribution in [0.25, 0.3) is 0 Å². The first-order valence-electron chi connectivity index (χ1n) is 6.19. The summed E-state index contributed by atoms with van der Waals surface area (Å²) in [5.41, 5.74) is 5.02. The van der Waals surface area contributed by atoms with Crippen molar-refractivity contribution in [3.05, 3.63) is 0 Å². The van der Waals surface area contributed by atoms with E-state index in [0.29, 0.717) is 5.88 Å². The molecule has 4 N–H and O–H groups in total. The van der Waals surface area contributed by atoms with Gasteiger partial charge in [-0.2, -0.15) is 12.6 Å². The maximum Gasteiger partial charge on any atom is 0.217 e. The van der Waals surface area contributed by atoms with Crippen molar-refractivity contribution in [2.45, 2.75) is 32.0 Å². The van der Waals surface area contributed by atoms with E-state index in [-0.39, 0.29) is 18.1 Å². The molecule has 0 aromatic heterocycles. The minimum atomic E-state index is -0.917. The zero-order valence-electron chi connectivity index (χ0n) is 11.8. The van der Waals surface area contributed by atoms with Crippen molar-refractivity contribution in [3.8, 4) is 0 Å². The summed E-state index contributed by atoms with van der Waals surface area (Å²) in [6.07, 6.45) is -0.917. The van der Waals surface area contributed by atoms with Crippen molar-refractivity contribution in [3.63, 3.8) is 0 Å². The number of carbonyl (C=O) groups is 3. The molecule has 0 heterocycles. The lowest BCUT2D eigenvalue weighted by Crippen LogP contribution is -2.53. The van der Waals surface area contributed by atoms with Crippen LogP contribution in [0, 0.1) is 0 Å². The molecule has 10 heteroatoms. The standard InChI is InChI=1S/C11H21N3O4S3/c1-6(15)10(7(2)16)14-13-3-9(17)11(18)8(4-19)12-5-21-20/h6,8,10,12-15,19-20H,3-5H2,1-2H3/t6-,8+,10+/m1/s1. The predicted molar refractivity (Wildman–Crippen MR) is 89.5 cm³/mol. The lowest BCUT2D eigenvalue weighted by Gasteiger charge is -2.19. The van der Waals surface area contributed by atoms with Crippen LogP contribution in [0.1, 0.15) is 13.8 Å². The number of ketones is 3. The zero-order valence-corrected chi connectivity index (χ0v) is 14.4. The maximum absolute atomic E-state index is 11.8. The number of hydrogen-bond donors (Lipinski definition) is 6. The van der Waals surface area contributed by atoms with Crippen LogP contribution < -0.4 is 16.2 Å². The second-order valence-electron chi connectivity index (χ2n) is 4.33. The number of aliphatic hydroxyl groups is 1. The highest BCUT2D eigenvalue weighted by molar-refractivity contribution is 8.68. The highest BCUT2D eigenvalue weighted by atomic mass is 33.1. The van der Waals surface area contributed by atoms with Crippen LogP contribution in [0.5, 0.6) is 0 Å². The van der Waals surface area contributed by atoms with Gasteiger partial charge in [0.2, 0.25) is 11.6 Å². The largest absolute Gasteiger partial charge is 0.391 e. The Morgan fingerprint density at radius 3 is 2.38 bits per heavy atom. The third-order valence-electron chi connectivity index (χ3n) is 2.60. The van der Waals surface area contributed by atoms with Gasteiger partial charge in [-0.3, -0.25) is 19.7 Å². The van der Waals surface area contributed by atoms with Gasteiger partial charge in [0.1, 0.15) is 6.04 Å². The summed E-state index contributed by atoms with van der Waals surface area (Å²) >= 11 is 7.94. The Balaban J connectivity index is 4.29. The Labute approximate surface area is 138 Å². The Hall–Kier alpha value is -0.100.